The Hall–Kier alpha value is -1.92. The van der Waals surface area contributed by atoms with Crippen molar-refractivity contribution in [1.82, 2.24) is 0 Å². The standard InChI is InChI=1S/C19H22N2O2S2/c1-4-14-11-15(18(22)23-3)17(25-14)20-19(24)21-9-5-6-13-10-12(2)7-8-16(13)21/h7-8,10-11H,4-6,9H2,1-3H3,(H,20,24). The molecular weight excluding hydrogens is 352 g/mol. The van der Waals surface area contributed by atoms with Gasteiger partial charge in [-0.15, -0.1) is 11.3 Å². The van der Waals surface area contributed by atoms with Gasteiger partial charge in [0.15, 0.2) is 5.11 Å². The molecule has 1 aromatic carbocycles. The minimum Gasteiger partial charge on any atom is -0.465 e. The van der Waals surface area contributed by atoms with Crippen LogP contribution in [0.3, 0.4) is 0 Å². The van der Waals surface area contributed by atoms with Gasteiger partial charge in [0.05, 0.1) is 12.7 Å². The Morgan fingerprint density at radius 1 is 1.40 bits per heavy atom. The molecule has 0 amide bonds. The first-order valence-corrected chi connectivity index (χ1v) is 9.65. The van der Waals surface area contributed by atoms with Crippen molar-refractivity contribution in [3.8, 4) is 0 Å². The van der Waals surface area contributed by atoms with Gasteiger partial charge >= 0.3 is 5.97 Å². The number of anilines is 2. The van der Waals surface area contributed by atoms with Crippen LogP contribution in [0.5, 0.6) is 0 Å². The van der Waals surface area contributed by atoms with E-state index in [4.69, 9.17) is 17.0 Å². The molecule has 0 unspecified atom stereocenters. The van der Waals surface area contributed by atoms with Gasteiger partial charge in [-0.25, -0.2) is 4.79 Å². The number of aryl methyl sites for hydroxylation is 3. The van der Waals surface area contributed by atoms with E-state index in [1.807, 2.05) is 6.07 Å². The van der Waals surface area contributed by atoms with Crippen molar-refractivity contribution in [3.63, 3.8) is 0 Å². The summed E-state index contributed by atoms with van der Waals surface area (Å²) in [5, 5.41) is 4.66. The summed E-state index contributed by atoms with van der Waals surface area (Å²) in [4.78, 5) is 15.3. The fourth-order valence-corrected chi connectivity index (χ4v) is 4.41. The van der Waals surface area contributed by atoms with Gasteiger partial charge in [0.25, 0.3) is 0 Å². The lowest BCUT2D eigenvalue weighted by molar-refractivity contribution is 0.0602. The minimum atomic E-state index is -0.337. The zero-order chi connectivity index (χ0) is 18.0. The SMILES string of the molecule is CCc1cc(C(=O)OC)c(NC(=S)N2CCCc3cc(C)ccc32)s1. The van der Waals surface area contributed by atoms with E-state index in [-0.39, 0.29) is 5.97 Å². The van der Waals surface area contributed by atoms with Gasteiger partial charge in [-0.05, 0) is 56.1 Å². The molecular formula is C19H22N2O2S2. The van der Waals surface area contributed by atoms with E-state index in [1.165, 1.54) is 18.2 Å². The lowest BCUT2D eigenvalue weighted by Gasteiger charge is -2.32. The van der Waals surface area contributed by atoms with Crippen molar-refractivity contribution in [1.29, 1.82) is 0 Å². The predicted octanol–water partition coefficient (Wildman–Crippen LogP) is 4.56. The molecule has 132 valence electrons. The topological polar surface area (TPSA) is 41.6 Å². The zero-order valence-corrected chi connectivity index (χ0v) is 16.4. The summed E-state index contributed by atoms with van der Waals surface area (Å²) in [5.74, 6) is -0.337. The number of thiocarbonyl (C=S) groups is 1. The van der Waals surface area contributed by atoms with Crippen LogP contribution >= 0.6 is 23.6 Å². The highest BCUT2D eigenvalue weighted by atomic mass is 32.1. The van der Waals surface area contributed by atoms with Crippen LogP contribution < -0.4 is 10.2 Å². The highest BCUT2D eigenvalue weighted by molar-refractivity contribution is 7.80. The van der Waals surface area contributed by atoms with Crippen LogP contribution in [0.2, 0.25) is 0 Å². The third kappa shape index (κ3) is 3.70. The third-order valence-electron chi connectivity index (χ3n) is 4.36. The van der Waals surface area contributed by atoms with Crippen LogP contribution in [0.1, 0.15) is 39.7 Å². The molecule has 1 aromatic heterocycles. The van der Waals surface area contributed by atoms with Crippen molar-refractivity contribution in [2.24, 2.45) is 0 Å². The average molecular weight is 375 g/mol. The third-order valence-corrected chi connectivity index (χ3v) is 5.87. The molecule has 1 N–H and O–H groups in total. The molecule has 0 saturated heterocycles. The zero-order valence-electron chi connectivity index (χ0n) is 14.7. The number of hydrogen-bond acceptors (Lipinski definition) is 4. The highest BCUT2D eigenvalue weighted by Crippen LogP contribution is 2.32. The van der Waals surface area contributed by atoms with Crippen molar-refractivity contribution in [2.45, 2.75) is 33.1 Å². The number of esters is 1. The van der Waals surface area contributed by atoms with Gasteiger partial charge < -0.3 is 15.0 Å². The first kappa shape index (κ1) is 17.9. The number of hydrogen-bond donors (Lipinski definition) is 1. The number of ether oxygens (including phenoxy) is 1. The Bertz CT molecular complexity index is 814. The number of nitrogens with one attached hydrogen (secondary N) is 1. The van der Waals surface area contributed by atoms with E-state index in [1.54, 1.807) is 11.3 Å². The first-order chi connectivity index (χ1) is 12.0. The van der Waals surface area contributed by atoms with E-state index < -0.39 is 0 Å². The highest BCUT2D eigenvalue weighted by Gasteiger charge is 2.23. The molecule has 25 heavy (non-hydrogen) atoms. The van der Waals surface area contributed by atoms with Crippen LogP contribution in [0, 0.1) is 6.92 Å². The summed E-state index contributed by atoms with van der Waals surface area (Å²) in [6.45, 7) is 5.05. The quantitative estimate of drug-likeness (QED) is 0.630. The van der Waals surface area contributed by atoms with Crippen LogP contribution in [0.25, 0.3) is 0 Å². The van der Waals surface area contributed by atoms with Gasteiger partial charge in [-0.1, -0.05) is 24.6 Å². The molecule has 0 saturated carbocycles. The number of fused-ring (bicyclic) bond motifs is 1. The maximum absolute atomic E-state index is 12.0. The normalized spacial score (nSPS) is 13.3. The second-order valence-electron chi connectivity index (χ2n) is 6.12. The largest absolute Gasteiger partial charge is 0.465 e. The van der Waals surface area contributed by atoms with Crippen molar-refractivity contribution in [2.75, 3.05) is 23.9 Å². The molecule has 2 aromatic rings. The summed E-state index contributed by atoms with van der Waals surface area (Å²) < 4.78 is 4.90. The number of rotatable bonds is 3. The van der Waals surface area contributed by atoms with E-state index in [2.05, 4.69) is 42.3 Å². The van der Waals surface area contributed by atoms with Crippen LogP contribution in [-0.4, -0.2) is 24.7 Å². The Morgan fingerprint density at radius 3 is 2.92 bits per heavy atom. The fourth-order valence-electron chi connectivity index (χ4n) is 3.07. The molecule has 0 fully saturated rings. The number of thiophene rings is 1. The average Bonchev–Trinajstić information content (AvgIpc) is 3.03. The lowest BCUT2D eigenvalue weighted by Crippen LogP contribution is -2.38. The Balaban J connectivity index is 1.87. The molecule has 6 heteroatoms. The molecule has 3 rings (SSSR count). The summed E-state index contributed by atoms with van der Waals surface area (Å²) in [6, 6.07) is 8.35. The van der Waals surface area contributed by atoms with Crippen molar-refractivity contribution in [3.05, 3.63) is 45.8 Å². The molecule has 4 nitrogen and oxygen atoms in total. The second kappa shape index (κ2) is 7.54. The number of nitrogens with zero attached hydrogens (tertiary/aromatic N) is 1. The Morgan fingerprint density at radius 2 is 2.20 bits per heavy atom. The number of carbonyl (C=O) groups is 1. The minimum absolute atomic E-state index is 0.337. The van der Waals surface area contributed by atoms with Gasteiger partial charge in [-0.3, -0.25) is 0 Å². The Labute approximate surface area is 157 Å². The van der Waals surface area contributed by atoms with Gasteiger partial charge in [-0.2, -0.15) is 0 Å². The van der Waals surface area contributed by atoms with Crippen LogP contribution in [0.4, 0.5) is 10.7 Å². The van der Waals surface area contributed by atoms with Gasteiger partial charge in [0.2, 0.25) is 0 Å². The Kier molecular flexibility index (Phi) is 5.39. The maximum atomic E-state index is 12.0. The summed E-state index contributed by atoms with van der Waals surface area (Å²) in [6.07, 6.45) is 3.00. The summed E-state index contributed by atoms with van der Waals surface area (Å²) >= 11 is 7.22. The number of carbonyl (C=O) groups excluding carboxylic acids is 1. The first-order valence-electron chi connectivity index (χ1n) is 8.42. The molecule has 2 heterocycles. The molecule has 0 aliphatic carbocycles. The number of methoxy groups -OCH3 is 1. The van der Waals surface area contributed by atoms with E-state index in [9.17, 15) is 4.79 Å². The molecule has 1 aliphatic heterocycles. The van der Waals surface area contributed by atoms with E-state index >= 15 is 0 Å². The molecule has 1 aliphatic rings. The lowest BCUT2D eigenvalue weighted by atomic mass is 10.00. The van der Waals surface area contributed by atoms with Crippen LogP contribution in [-0.2, 0) is 17.6 Å². The van der Waals surface area contributed by atoms with Crippen molar-refractivity contribution >= 4 is 45.3 Å². The molecule has 0 spiro atoms. The molecule has 0 radical (unpaired) electrons. The molecule has 0 atom stereocenters. The van der Waals surface area contributed by atoms with Gasteiger partial charge in [0, 0.05) is 17.1 Å². The van der Waals surface area contributed by atoms with E-state index in [0.717, 1.165) is 41.4 Å². The summed E-state index contributed by atoms with van der Waals surface area (Å²) in [5.41, 5.74) is 4.29. The van der Waals surface area contributed by atoms with Gasteiger partial charge in [0.1, 0.15) is 5.00 Å². The second-order valence-corrected chi connectivity index (χ2v) is 7.64. The van der Waals surface area contributed by atoms with Crippen molar-refractivity contribution < 1.29 is 9.53 Å². The van der Waals surface area contributed by atoms with Crippen LogP contribution in [0.15, 0.2) is 24.3 Å². The fraction of sp³-hybridized carbons (Fsp3) is 0.368. The monoisotopic (exact) mass is 374 g/mol. The predicted molar refractivity (Wildman–Crippen MR) is 108 cm³/mol. The summed E-state index contributed by atoms with van der Waals surface area (Å²) in [7, 11) is 1.40. The van der Waals surface area contributed by atoms with E-state index in [0.29, 0.717) is 10.7 Å². The smallest absolute Gasteiger partial charge is 0.340 e. The maximum Gasteiger partial charge on any atom is 0.340 e. The molecule has 0 bridgehead atoms. The number of benzene rings is 1.